The molecule has 0 aliphatic carbocycles. The number of benzene rings is 1. The molecule has 8 nitrogen and oxygen atoms in total. The number of carbonyl (C=O) groups is 1. The summed E-state index contributed by atoms with van der Waals surface area (Å²) in [4.78, 5) is 27.2. The molecule has 106 valence electrons. The molecule has 0 aliphatic heterocycles. The minimum absolute atomic E-state index is 0.0975. The SMILES string of the molecule is Cc1cccc(-n2nnc3c(=O)n(CC(N)=O)cnc32)c1. The summed E-state index contributed by atoms with van der Waals surface area (Å²) in [5.41, 5.74) is 6.89. The molecule has 0 bridgehead atoms. The summed E-state index contributed by atoms with van der Waals surface area (Å²) in [5.74, 6) is -0.621. The monoisotopic (exact) mass is 284 g/mol. The third-order valence-corrected chi connectivity index (χ3v) is 3.00. The first-order valence-corrected chi connectivity index (χ1v) is 6.22. The molecular formula is C13H12N6O2. The molecule has 0 spiro atoms. The lowest BCUT2D eigenvalue weighted by Gasteiger charge is -2.03. The predicted octanol–water partition coefficient (Wildman–Crippen LogP) is -0.229. The number of nitrogens with two attached hydrogens (primary N) is 1. The maximum atomic E-state index is 12.2. The molecule has 21 heavy (non-hydrogen) atoms. The molecule has 2 aromatic heterocycles. The Morgan fingerprint density at radius 1 is 1.38 bits per heavy atom. The number of nitrogens with zero attached hydrogens (tertiary/aromatic N) is 5. The van der Waals surface area contributed by atoms with Crippen LogP contribution in [0.4, 0.5) is 0 Å². The highest BCUT2D eigenvalue weighted by atomic mass is 16.2. The van der Waals surface area contributed by atoms with E-state index in [0.29, 0.717) is 5.65 Å². The number of hydrogen-bond acceptors (Lipinski definition) is 5. The van der Waals surface area contributed by atoms with Gasteiger partial charge in [-0.05, 0) is 24.6 Å². The van der Waals surface area contributed by atoms with Gasteiger partial charge in [-0.3, -0.25) is 14.2 Å². The first-order chi connectivity index (χ1) is 10.1. The van der Waals surface area contributed by atoms with E-state index in [1.165, 1.54) is 11.0 Å². The average Bonchev–Trinajstić information content (AvgIpc) is 2.86. The molecule has 0 saturated carbocycles. The number of fused-ring (bicyclic) bond motifs is 1. The largest absolute Gasteiger partial charge is 0.368 e. The number of primary amides is 1. The fourth-order valence-electron chi connectivity index (χ4n) is 2.06. The van der Waals surface area contributed by atoms with Gasteiger partial charge in [0.15, 0.2) is 11.2 Å². The van der Waals surface area contributed by atoms with E-state index < -0.39 is 11.5 Å². The van der Waals surface area contributed by atoms with Crippen molar-refractivity contribution in [2.45, 2.75) is 13.5 Å². The van der Waals surface area contributed by atoms with E-state index in [0.717, 1.165) is 15.8 Å². The van der Waals surface area contributed by atoms with Gasteiger partial charge in [-0.1, -0.05) is 17.3 Å². The van der Waals surface area contributed by atoms with E-state index in [2.05, 4.69) is 15.3 Å². The highest BCUT2D eigenvalue weighted by Gasteiger charge is 2.13. The van der Waals surface area contributed by atoms with Crippen molar-refractivity contribution < 1.29 is 4.79 Å². The summed E-state index contributed by atoms with van der Waals surface area (Å²) in [6.45, 7) is 1.72. The second-order valence-corrected chi connectivity index (χ2v) is 4.66. The molecule has 0 fully saturated rings. The first kappa shape index (κ1) is 13.0. The van der Waals surface area contributed by atoms with Crippen LogP contribution in [-0.4, -0.2) is 30.5 Å². The molecular weight excluding hydrogens is 272 g/mol. The summed E-state index contributed by atoms with van der Waals surface area (Å²) in [6, 6.07) is 7.59. The van der Waals surface area contributed by atoms with Crippen LogP contribution in [0.25, 0.3) is 16.9 Å². The third-order valence-electron chi connectivity index (χ3n) is 3.00. The highest BCUT2D eigenvalue weighted by molar-refractivity contribution is 5.74. The van der Waals surface area contributed by atoms with Gasteiger partial charge >= 0.3 is 0 Å². The Kier molecular flexibility index (Phi) is 2.98. The molecule has 0 aliphatic rings. The van der Waals surface area contributed by atoms with Crippen LogP contribution < -0.4 is 11.3 Å². The third kappa shape index (κ3) is 2.27. The van der Waals surface area contributed by atoms with Gasteiger partial charge in [0.05, 0.1) is 5.69 Å². The van der Waals surface area contributed by atoms with Crippen LogP contribution in [0.1, 0.15) is 5.56 Å². The molecule has 0 atom stereocenters. The normalized spacial score (nSPS) is 10.9. The molecule has 2 N–H and O–H groups in total. The van der Waals surface area contributed by atoms with Crippen molar-refractivity contribution in [3.63, 3.8) is 0 Å². The minimum Gasteiger partial charge on any atom is -0.368 e. The maximum Gasteiger partial charge on any atom is 0.284 e. The predicted molar refractivity (Wildman–Crippen MR) is 74.9 cm³/mol. The quantitative estimate of drug-likeness (QED) is 0.714. The highest BCUT2D eigenvalue weighted by Crippen LogP contribution is 2.13. The lowest BCUT2D eigenvalue weighted by atomic mass is 10.2. The van der Waals surface area contributed by atoms with E-state index >= 15 is 0 Å². The van der Waals surface area contributed by atoms with Gasteiger partial charge in [0.25, 0.3) is 5.56 Å². The van der Waals surface area contributed by atoms with Crippen LogP contribution in [-0.2, 0) is 11.3 Å². The molecule has 2 heterocycles. The van der Waals surface area contributed by atoms with Crippen molar-refractivity contribution in [1.82, 2.24) is 24.5 Å². The zero-order valence-corrected chi connectivity index (χ0v) is 11.2. The van der Waals surface area contributed by atoms with Gasteiger partial charge in [-0.15, -0.1) is 5.10 Å². The Morgan fingerprint density at radius 3 is 2.90 bits per heavy atom. The Hall–Kier alpha value is -3.03. The number of amides is 1. The van der Waals surface area contributed by atoms with Crippen molar-refractivity contribution in [3.8, 4) is 5.69 Å². The van der Waals surface area contributed by atoms with Crippen molar-refractivity contribution in [3.05, 3.63) is 46.5 Å². The van der Waals surface area contributed by atoms with Crippen molar-refractivity contribution in [2.75, 3.05) is 0 Å². The number of aromatic nitrogens is 5. The molecule has 0 radical (unpaired) electrons. The van der Waals surface area contributed by atoms with Crippen LogP contribution in [0.5, 0.6) is 0 Å². The van der Waals surface area contributed by atoms with E-state index in [-0.39, 0.29) is 12.1 Å². The van der Waals surface area contributed by atoms with E-state index in [4.69, 9.17) is 5.73 Å². The number of aryl methyl sites for hydroxylation is 1. The topological polar surface area (TPSA) is 109 Å². The molecule has 3 rings (SSSR count). The first-order valence-electron chi connectivity index (χ1n) is 6.22. The zero-order chi connectivity index (χ0) is 15.0. The van der Waals surface area contributed by atoms with Crippen molar-refractivity contribution in [1.29, 1.82) is 0 Å². The minimum atomic E-state index is -0.621. The number of hydrogen-bond donors (Lipinski definition) is 1. The molecule has 8 heteroatoms. The fourth-order valence-corrected chi connectivity index (χ4v) is 2.06. The maximum absolute atomic E-state index is 12.2. The summed E-state index contributed by atoms with van der Waals surface area (Å²) in [7, 11) is 0. The second kappa shape index (κ2) is 4.82. The Labute approximate surface area is 118 Å². The molecule has 0 unspecified atom stereocenters. The average molecular weight is 284 g/mol. The molecule has 0 saturated heterocycles. The van der Waals surface area contributed by atoms with E-state index in [1.54, 1.807) is 0 Å². The van der Waals surface area contributed by atoms with Crippen molar-refractivity contribution >= 4 is 17.1 Å². The van der Waals surface area contributed by atoms with Gasteiger partial charge in [-0.25, -0.2) is 4.98 Å². The van der Waals surface area contributed by atoms with Crippen LogP contribution >= 0.6 is 0 Å². The molecule has 3 aromatic rings. The van der Waals surface area contributed by atoms with Gasteiger partial charge in [0.1, 0.15) is 12.9 Å². The van der Waals surface area contributed by atoms with Gasteiger partial charge in [0, 0.05) is 0 Å². The van der Waals surface area contributed by atoms with Gasteiger partial charge in [-0.2, -0.15) is 4.68 Å². The van der Waals surface area contributed by atoms with Crippen LogP contribution in [0.15, 0.2) is 35.4 Å². The lowest BCUT2D eigenvalue weighted by Crippen LogP contribution is -2.28. The summed E-state index contributed by atoms with van der Waals surface area (Å²) >= 11 is 0. The van der Waals surface area contributed by atoms with Gasteiger partial charge < -0.3 is 5.73 Å². The Balaban J connectivity index is 2.18. The molecule has 1 aromatic carbocycles. The lowest BCUT2D eigenvalue weighted by molar-refractivity contribution is -0.118. The Morgan fingerprint density at radius 2 is 2.19 bits per heavy atom. The molecule has 1 amide bonds. The van der Waals surface area contributed by atoms with Crippen molar-refractivity contribution in [2.24, 2.45) is 5.73 Å². The van der Waals surface area contributed by atoms with Crippen LogP contribution in [0.2, 0.25) is 0 Å². The van der Waals surface area contributed by atoms with Gasteiger partial charge in [0.2, 0.25) is 5.91 Å². The fraction of sp³-hybridized carbons (Fsp3) is 0.154. The number of carbonyl (C=O) groups excluding carboxylic acids is 1. The van der Waals surface area contributed by atoms with E-state index in [1.807, 2.05) is 31.2 Å². The zero-order valence-electron chi connectivity index (χ0n) is 11.2. The number of rotatable bonds is 3. The summed E-state index contributed by atoms with van der Waals surface area (Å²) < 4.78 is 2.60. The smallest absolute Gasteiger partial charge is 0.284 e. The van der Waals surface area contributed by atoms with E-state index in [9.17, 15) is 9.59 Å². The standard InChI is InChI=1S/C13H12N6O2/c1-8-3-2-4-9(5-8)19-12-11(16-17-19)13(21)18(7-15-12)6-10(14)20/h2-5,7H,6H2,1H3,(H2,14,20). The Bertz CT molecular complexity index is 895. The summed E-state index contributed by atoms with van der Waals surface area (Å²) in [6.07, 6.45) is 1.27. The second-order valence-electron chi connectivity index (χ2n) is 4.66. The van der Waals surface area contributed by atoms with Crippen LogP contribution in [0, 0.1) is 6.92 Å². The summed E-state index contributed by atoms with van der Waals surface area (Å²) in [5, 5.41) is 7.82. The van der Waals surface area contributed by atoms with Crippen LogP contribution in [0.3, 0.4) is 0 Å².